The summed E-state index contributed by atoms with van der Waals surface area (Å²) in [5, 5.41) is 0. The highest BCUT2D eigenvalue weighted by Crippen LogP contribution is 2.09. The molecular weight excluding hydrogens is 174 g/mol. The van der Waals surface area contributed by atoms with Gasteiger partial charge in [0.05, 0.1) is 0 Å². The van der Waals surface area contributed by atoms with Crippen LogP contribution in [-0.4, -0.2) is 14.5 Å². The number of aromatic nitrogens is 3. The lowest BCUT2D eigenvalue weighted by molar-refractivity contribution is 0.874. The first-order valence-electron chi connectivity index (χ1n) is 3.53. The van der Waals surface area contributed by atoms with Gasteiger partial charge in [-0.25, -0.2) is 9.97 Å². The Morgan fingerprint density at radius 2 is 2.17 bits per heavy atom. The van der Waals surface area contributed by atoms with Crippen LogP contribution in [0.25, 0.3) is 11.2 Å². The number of fused-ring (bicyclic) bond motifs is 1. The van der Waals surface area contributed by atoms with E-state index in [1.165, 1.54) is 0 Å². The summed E-state index contributed by atoms with van der Waals surface area (Å²) in [6.45, 7) is 1.97. The van der Waals surface area contributed by atoms with Crippen molar-refractivity contribution in [3.05, 3.63) is 24.2 Å². The van der Waals surface area contributed by atoms with Gasteiger partial charge in [0.2, 0.25) is 0 Å². The average Bonchev–Trinajstić information content (AvgIpc) is 2.30. The molecule has 0 saturated heterocycles. The van der Waals surface area contributed by atoms with Gasteiger partial charge >= 0.3 is 0 Å². The van der Waals surface area contributed by atoms with E-state index in [0.29, 0.717) is 0 Å². The van der Waals surface area contributed by atoms with Crippen molar-refractivity contribution in [1.82, 2.24) is 14.5 Å². The molecule has 0 radical (unpaired) electrons. The zero-order valence-electron chi connectivity index (χ0n) is 6.98. The van der Waals surface area contributed by atoms with E-state index < -0.39 is 0 Å². The number of hydrogen-bond donors (Lipinski definition) is 0. The summed E-state index contributed by atoms with van der Waals surface area (Å²) in [5.41, 5.74) is 1.91. The van der Waals surface area contributed by atoms with E-state index in [-0.39, 0.29) is 12.4 Å². The minimum absolute atomic E-state index is 0. The molecule has 0 saturated carbocycles. The first-order chi connectivity index (χ1) is 5.29. The molecule has 2 aromatic rings. The van der Waals surface area contributed by atoms with Crippen LogP contribution in [0.3, 0.4) is 0 Å². The molecule has 0 aliphatic rings. The van der Waals surface area contributed by atoms with Crippen molar-refractivity contribution in [1.29, 1.82) is 0 Å². The summed E-state index contributed by atoms with van der Waals surface area (Å²) in [5.74, 6) is 0.999. The number of aryl methyl sites for hydroxylation is 2. The van der Waals surface area contributed by atoms with Crippen molar-refractivity contribution in [2.24, 2.45) is 7.05 Å². The van der Waals surface area contributed by atoms with Crippen LogP contribution in [0, 0.1) is 6.92 Å². The molecule has 2 heterocycles. The lowest BCUT2D eigenvalue weighted by Crippen LogP contribution is -1.91. The number of imidazole rings is 1. The highest BCUT2D eigenvalue weighted by atomic mass is 35.5. The number of rotatable bonds is 0. The minimum atomic E-state index is 0. The molecule has 2 aromatic heterocycles. The molecule has 0 aliphatic heterocycles. The van der Waals surface area contributed by atoms with Crippen molar-refractivity contribution in [3.63, 3.8) is 0 Å². The zero-order chi connectivity index (χ0) is 7.84. The Kier molecular flexibility index (Phi) is 2.33. The van der Waals surface area contributed by atoms with Crippen molar-refractivity contribution >= 4 is 23.6 Å². The maximum atomic E-state index is 4.31. The monoisotopic (exact) mass is 183 g/mol. The third kappa shape index (κ3) is 1.16. The SMILES string of the molecule is Cc1nc2cccnc2n1C.Cl. The number of hydrogen-bond acceptors (Lipinski definition) is 2. The molecule has 64 valence electrons. The molecule has 0 fully saturated rings. The number of halogens is 1. The van der Waals surface area contributed by atoms with E-state index in [9.17, 15) is 0 Å². The van der Waals surface area contributed by atoms with E-state index in [0.717, 1.165) is 17.0 Å². The van der Waals surface area contributed by atoms with E-state index in [2.05, 4.69) is 9.97 Å². The van der Waals surface area contributed by atoms with E-state index >= 15 is 0 Å². The van der Waals surface area contributed by atoms with Crippen LogP contribution in [0.2, 0.25) is 0 Å². The standard InChI is InChI=1S/C8H9N3.ClH/c1-6-10-7-4-3-5-9-8(7)11(6)2;/h3-5H,1-2H3;1H. The Labute approximate surface area is 76.9 Å². The molecule has 12 heavy (non-hydrogen) atoms. The minimum Gasteiger partial charge on any atom is -0.316 e. The average molecular weight is 184 g/mol. The summed E-state index contributed by atoms with van der Waals surface area (Å²) in [6.07, 6.45) is 1.78. The fraction of sp³-hybridized carbons (Fsp3) is 0.250. The highest BCUT2D eigenvalue weighted by molar-refractivity contribution is 5.85. The van der Waals surface area contributed by atoms with Crippen LogP contribution >= 0.6 is 12.4 Å². The number of pyridine rings is 1. The molecule has 0 N–H and O–H groups in total. The van der Waals surface area contributed by atoms with Crippen molar-refractivity contribution in [2.75, 3.05) is 0 Å². The smallest absolute Gasteiger partial charge is 0.159 e. The summed E-state index contributed by atoms with van der Waals surface area (Å²) in [6, 6.07) is 3.87. The maximum absolute atomic E-state index is 4.31. The Morgan fingerprint density at radius 1 is 1.42 bits per heavy atom. The van der Waals surface area contributed by atoms with Crippen molar-refractivity contribution in [3.8, 4) is 0 Å². The summed E-state index contributed by atoms with van der Waals surface area (Å²) >= 11 is 0. The van der Waals surface area contributed by atoms with Crippen LogP contribution in [0.5, 0.6) is 0 Å². The van der Waals surface area contributed by atoms with Gasteiger partial charge < -0.3 is 4.57 Å². The quantitative estimate of drug-likeness (QED) is 0.623. The second kappa shape index (κ2) is 3.11. The Bertz CT molecular complexity index is 394. The molecule has 0 unspecified atom stereocenters. The molecule has 0 aliphatic carbocycles. The lowest BCUT2D eigenvalue weighted by atomic mass is 10.4. The van der Waals surface area contributed by atoms with Crippen LogP contribution < -0.4 is 0 Å². The summed E-state index contributed by atoms with van der Waals surface area (Å²) < 4.78 is 1.98. The molecule has 0 amide bonds. The molecule has 0 atom stereocenters. The topological polar surface area (TPSA) is 30.7 Å². The van der Waals surface area contributed by atoms with Gasteiger partial charge in [0.1, 0.15) is 11.3 Å². The lowest BCUT2D eigenvalue weighted by Gasteiger charge is -1.92. The predicted molar refractivity (Wildman–Crippen MR) is 50.5 cm³/mol. The van der Waals surface area contributed by atoms with Crippen LogP contribution in [0.15, 0.2) is 18.3 Å². The van der Waals surface area contributed by atoms with E-state index in [1.54, 1.807) is 6.20 Å². The first kappa shape index (κ1) is 9.00. The fourth-order valence-corrected chi connectivity index (χ4v) is 1.14. The van der Waals surface area contributed by atoms with E-state index in [1.807, 2.05) is 30.7 Å². The fourth-order valence-electron chi connectivity index (χ4n) is 1.14. The third-order valence-corrected chi connectivity index (χ3v) is 1.85. The second-order valence-electron chi connectivity index (χ2n) is 2.56. The van der Waals surface area contributed by atoms with E-state index in [4.69, 9.17) is 0 Å². The van der Waals surface area contributed by atoms with Gasteiger partial charge in [-0.05, 0) is 19.1 Å². The summed E-state index contributed by atoms with van der Waals surface area (Å²) in [4.78, 5) is 8.52. The molecular formula is C8H10ClN3. The molecule has 0 aromatic carbocycles. The van der Waals surface area contributed by atoms with Gasteiger partial charge in [-0.2, -0.15) is 0 Å². The highest BCUT2D eigenvalue weighted by Gasteiger charge is 2.01. The molecule has 2 rings (SSSR count). The largest absolute Gasteiger partial charge is 0.316 e. The number of nitrogens with zero attached hydrogens (tertiary/aromatic N) is 3. The van der Waals surface area contributed by atoms with Gasteiger partial charge in [-0.15, -0.1) is 12.4 Å². The van der Waals surface area contributed by atoms with Crippen molar-refractivity contribution in [2.45, 2.75) is 6.92 Å². The normalized spacial score (nSPS) is 9.83. The Balaban J connectivity index is 0.000000720. The Hall–Kier alpha value is -1.09. The molecule has 4 heteroatoms. The molecule has 0 spiro atoms. The maximum Gasteiger partial charge on any atom is 0.159 e. The predicted octanol–water partition coefficient (Wildman–Crippen LogP) is 1.70. The van der Waals surface area contributed by atoms with Gasteiger partial charge in [0, 0.05) is 13.2 Å². The van der Waals surface area contributed by atoms with Gasteiger partial charge in [-0.3, -0.25) is 0 Å². The third-order valence-electron chi connectivity index (χ3n) is 1.85. The first-order valence-corrected chi connectivity index (χ1v) is 3.53. The van der Waals surface area contributed by atoms with Gasteiger partial charge in [0.25, 0.3) is 0 Å². The molecule has 3 nitrogen and oxygen atoms in total. The molecule has 0 bridgehead atoms. The van der Waals surface area contributed by atoms with Crippen LogP contribution in [0.1, 0.15) is 5.82 Å². The van der Waals surface area contributed by atoms with Crippen LogP contribution in [0.4, 0.5) is 0 Å². The zero-order valence-corrected chi connectivity index (χ0v) is 7.80. The van der Waals surface area contributed by atoms with Crippen LogP contribution in [-0.2, 0) is 7.05 Å². The van der Waals surface area contributed by atoms with Gasteiger partial charge in [-0.1, -0.05) is 0 Å². The van der Waals surface area contributed by atoms with Crippen molar-refractivity contribution < 1.29 is 0 Å². The summed E-state index contributed by atoms with van der Waals surface area (Å²) in [7, 11) is 1.97. The van der Waals surface area contributed by atoms with Gasteiger partial charge in [0.15, 0.2) is 5.65 Å². The Morgan fingerprint density at radius 3 is 2.83 bits per heavy atom. The second-order valence-corrected chi connectivity index (χ2v) is 2.56.